The zero-order valence-corrected chi connectivity index (χ0v) is 9.03. The Hall–Kier alpha value is -1.09. The Kier molecular flexibility index (Phi) is 3.89. The Labute approximate surface area is 85.3 Å². The summed E-state index contributed by atoms with van der Waals surface area (Å²) in [5, 5.41) is 0. The molecule has 0 aromatic carbocycles. The first-order chi connectivity index (χ1) is 6.65. The first kappa shape index (κ1) is 11.0. The van der Waals surface area contributed by atoms with E-state index in [0.717, 1.165) is 17.9 Å². The van der Waals surface area contributed by atoms with Crippen LogP contribution in [-0.2, 0) is 0 Å². The molecule has 2 N–H and O–H groups in total. The van der Waals surface area contributed by atoms with Gasteiger partial charge in [0.25, 0.3) is 0 Å². The van der Waals surface area contributed by atoms with Crippen LogP contribution in [0.5, 0.6) is 5.75 Å². The van der Waals surface area contributed by atoms with E-state index in [0.29, 0.717) is 5.92 Å². The topological polar surface area (TPSA) is 48.1 Å². The van der Waals surface area contributed by atoms with E-state index in [2.05, 4.69) is 18.8 Å². The fraction of sp³-hybridized carbons (Fsp3) is 0.545. The third kappa shape index (κ3) is 2.70. The van der Waals surface area contributed by atoms with Gasteiger partial charge in [0, 0.05) is 6.20 Å². The second kappa shape index (κ2) is 4.96. The van der Waals surface area contributed by atoms with Crippen molar-refractivity contribution in [1.29, 1.82) is 0 Å². The zero-order valence-electron chi connectivity index (χ0n) is 9.03. The number of pyridine rings is 1. The molecule has 78 valence electrons. The standard InChI is InChI=1S/C11H18N2O/c1-8(2)7-9(12)11-10(14-3)5-4-6-13-11/h4-6,8-9H,7,12H2,1-3H3. The van der Waals surface area contributed by atoms with Gasteiger partial charge in [-0.05, 0) is 24.5 Å². The molecule has 0 saturated heterocycles. The molecule has 1 heterocycles. The minimum Gasteiger partial charge on any atom is -0.495 e. The van der Waals surface area contributed by atoms with E-state index in [9.17, 15) is 0 Å². The van der Waals surface area contributed by atoms with Crippen LogP contribution in [0, 0.1) is 5.92 Å². The summed E-state index contributed by atoms with van der Waals surface area (Å²) in [6.45, 7) is 4.30. The molecule has 0 aliphatic carbocycles. The van der Waals surface area contributed by atoms with Crippen LogP contribution in [0.4, 0.5) is 0 Å². The van der Waals surface area contributed by atoms with E-state index < -0.39 is 0 Å². The molecule has 0 fully saturated rings. The van der Waals surface area contributed by atoms with Gasteiger partial charge in [0.05, 0.1) is 18.8 Å². The largest absolute Gasteiger partial charge is 0.495 e. The van der Waals surface area contributed by atoms with Crippen LogP contribution < -0.4 is 10.5 Å². The lowest BCUT2D eigenvalue weighted by Crippen LogP contribution is -2.15. The third-order valence-corrected chi connectivity index (χ3v) is 2.10. The van der Waals surface area contributed by atoms with Crippen molar-refractivity contribution in [2.75, 3.05) is 7.11 Å². The highest BCUT2D eigenvalue weighted by Gasteiger charge is 2.13. The molecule has 0 saturated carbocycles. The summed E-state index contributed by atoms with van der Waals surface area (Å²) < 4.78 is 5.21. The van der Waals surface area contributed by atoms with Crippen molar-refractivity contribution in [1.82, 2.24) is 4.98 Å². The maximum atomic E-state index is 6.03. The van der Waals surface area contributed by atoms with Crippen molar-refractivity contribution in [2.24, 2.45) is 11.7 Å². The molecule has 0 spiro atoms. The van der Waals surface area contributed by atoms with Crippen molar-refractivity contribution in [2.45, 2.75) is 26.3 Å². The van der Waals surface area contributed by atoms with E-state index in [-0.39, 0.29) is 6.04 Å². The summed E-state index contributed by atoms with van der Waals surface area (Å²) >= 11 is 0. The molecule has 0 radical (unpaired) electrons. The second-order valence-corrected chi connectivity index (χ2v) is 3.83. The minimum atomic E-state index is -0.0360. The molecule has 1 aromatic heterocycles. The second-order valence-electron chi connectivity index (χ2n) is 3.83. The molecule has 1 atom stereocenters. The summed E-state index contributed by atoms with van der Waals surface area (Å²) in [6, 6.07) is 3.71. The summed E-state index contributed by atoms with van der Waals surface area (Å²) in [5.41, 5.74) is 6.88. The molecule has 0 aliphatic heterocycles. The van der Waals surface area contributed by atoms with Crippen molar-refractivity contribution in [3.63, 3.8) is 0 Å². The third-order valence-electron chi connectivity index (χ3n) is 2.10. The Morgan fingerprint density at radius 2 is 2.21 bits per heavy atom. The quantitative estimate of drug-likeness (QED) is 0.798. The van der Waals surface area contributed by atoms with Gasteiger partial charge in [0.2, 0.25) is 0 Å². The van der Waals surface area contributed by atoms with Gasteiger partial charge in [0.1, 0.15) is 5.75 Å². The molecule has 3 heteroatoms. The maximum absolute atomic E-state index is 6.03. The average molecular weight is 194 g/mol. The molecule has 0 amide bonds. The monoisotopic (exact) mass is 194 g/mol. The minimum absolute atomic E-state index is 0.0360. The summed E-state index contributed by atoms with van der Waals surface area (Å²) in [6.07, 6.45) is 2.67. The fourth-order valence-corrected chi connectivity index (χ4v) is 1.47. The van der Waals surface area contributed by atoms with Gasteiger partial charge in [0.15, 0.2) is 0 Å². The van der Waals surface area contributed by atoms with Gasteiger partial charge in [-0.3, -0.25) is 4.98 Å². The fourth-order valence-electron chi connectivity index (χ4n) is 1.47. The Balaban J connectivity index is 2.82. The van der Waals surface area contributed by atoms with Crippen LogP contribution in [0.1, 0.15) is 32.0 Å². The van der Waals surface area contributed by atoms with Crippen LogP contribution in [0.2, 0.25) is 0 Å². The first-order valence-corrected chi connectivity index (χ1v) is 4.89. The SMILES string of the molecule is COc1cccnc1C(N)CC(C)C. The summed E-state index contributed by atoms with van der Waals surface area (Å²) in [5.74, 6) is 1.34. The van der Waals surface area contributed by atoms with Gasteiger partial charge in [-0.25, -0.2) is 0 Å². The van der Waals surface area contributed by atoms with Crippen LogP contribution in [0.15, 0.2) is 18.3 Å². The highest BCUT2D eigenvalue weighted by molar-refractivity contribution is 5.29. The molecule has 14 heavy (non-hydrogen) atoms. The average Bonchev–Trinajstić information content (AvgIpc) is 2.16. The van der Waals surface area contributed by atoms with Gasteiger partial charge < -0.3 is 10.5 Å². The number of nitrogens with two attached hydrogens (primary N) is 1. The maximum Gasteiger partial charge on any atom is 0.141 e. The molecular formula is C11H18N2O. The van der Waals surface area contributed by atoms with E-state index in [1.807, 2.05) is 12.1 Å². The Morgan fingerprint density at radius 1 is 1.50 bits per heavy atom. The molecule has 1 unspecified atom stereocenters. The summed E-state index contributed by atoms with van der Waals surface area (Å²) in [4.78, 5) is 4.25. The normalized spacial score (nSPS) is 12.9. The number of nitrogens with zero attached hydrogens (tertiary/aromatic N) is 1. The van der Waals surface area contributed by atoms with Gasteiger partial charge in [-0.15, -0.1) is 0 Å². The lowest BCUT2D eigenvalue weighted by Gasteiger charge is -2.15. The van der Waals surface area contributed by atoms with Crippen molar-refractivity contribution in [3.8, 4) is 5.75 Å². The van der Waals surface area contributed by atoms with E-state index >= 15 is 0 Å². The van der Waals surface area contributed by atoms with Crippen LogP contribution in [0.25, 0.3) is 0 Å². The number of hydrogen-bond acceptors (Lipinski definition) is 3. The number of aromatic nitrogens is 1. The summed E-state index contributed by atoms with van der Waals surface area (Å²) in [7, 11) is 1.64. The molecule has 1 aromatic rings. The number of methoxy groups -OCH3 is 1. The van der Waals surface area contributed by atoms with Crippen molar-refractivity contribution in [3.05, 3.63) is 24.0 Å². The van der Waals surface area contributed by atoms with Crippen molar-refractivity contribution >= 4 is 0 Å². The van der Waals surface area contributed by atoms with Crippen LogP contribution in [-0.4, -0.2) is 12.1 Å². The Morgan fingerprint density at radius 3 is 2.79 bits per heavy atom. The molecule has 0 bridgehead atoms. The predicted molar refractivity (Wildman–Crippen MR) is 57.2 cm³/mol. The van der Waals surface area contributed by atoms with Crippen LogP contribution in [0.3, 0.4) is 0 Å². The predicted octanol–water partition coefficient (Wildman–Crippen LogP) is 2.14. The number of ether oxygens (including phenoxy) is 1. The number of hydrogen-bond donors (Lipinski definition) is 1. The van der Waals surface area contributed by atoms with Gasteiger partial charge in [-0.1, -0.05) is 13.8 Å². The Bertz CT molecular complexity index is 286. The molecule has 1 rings (SSSR count). The van der Waals surface area contributed by atoms with Gasteiger partial charge in [-0.2, -0.15) is 0 Å². The molecule has 3 nitrogen and oxygen atoms in total. The smallest absolute Gasteiger partial charge is 0.141 e. The highest BCUT2D eigenvalue weighted by atomic mass is 16.5. The van der Waals surface area contributed by atoms with E-state index in [1.54, 1.807) is 13.3 Å². The molecular weight excluding hydrogens is 176 g/mol. The lowest BCUT2D eigenvalue weighted by molar-refractivity contribution is 0.394. The number of rotatable bonds is 4. The lowest BCUT2D eigenvalue weighted by atomic mass is 10.0. The van der Waals surface area contributed by atoms with Crippen molar-refractivity contribution < 1.29 is 4.74 Å². The van der Waals surface area contributed by atoms with Crippen LogP contribution >= 0.6 is 0 Å². The molecule has 0 aliphatic rings. The highest BCUT2D eigenvalue weighted by Crippen LogP contribution is 2.24. The zero-order chi connectivity index (χ0) is 10.6. The van der Waals surface area contributed by atoms with E-state index in [4.69, 9.17) is 10.5 Å². The van der Waals surface area contributed by atoms with Gasteiger partial charge >= 0.3 is 0 Å². The first-order valence-electron chi connectivity index (χ1n) is 4.89. The van der Waals surface area contributed by atoms with E-state index in [1.165, 1.54) is 0 Å².